The van der Waals surface area contributed by atoms with E-state index >= 15 is 0 Å². The number of nitriles is 1. The van der Waals surface area contributed by atoms with Crippen molar-refractivity contribution in [2.45, 2.75) is 49.1 Å². The van der Waals surface area contributed by atoms with Crippen LogP contribution in [0.4, 0.5) is 0 Å². The van der Waals surface area contributed by atoms with Crippen LogP contribution >= 0.6 is 11.8 Å². The van der Waals surface area contributed by atoms with Gasteiger partial charge in [0.05, 0.1) is 13.2 Å². The van der Waals surface area contributed by atoms with E-state index < -0.39 is 0 Å². The maximum Gasteiger partial charge on any atom is 0.132 e. The van der Waals surface area contributed by atoms with Crippen LogP contribution in [0.15, 0.2) is 29.2 Å². The fourth-order valence-corrected chi connectivity index (χ4v) is 3.16. The standard InChI is InChI=1S/C16H22N2OS/c1-16(12-17,18-13-8-9-13)10-5-11-20-15-7-4-3-6-14(15)19-2/h3-4,6-7,13,18H,5,8-11H2,1-2H3. The number of benzene rings is 1. The summed E-state index contributed by atoms with van der Waals surface area (Å²) in [6, 6.07) is 11.1. The van der Waals surface area contributed by atoms with Crippen LogP contribution in [0.5, 0.6) is 5.75 Å². The number of para-hydroxylation sites is 1. The average molecular weight is 290 g/mol. The fraction of sp³-hybridized carbons (Fsp3) is 0.562. The molecule has 0 amide bonds. The lowest BCUT2D eigenvalue weighted by Crippen LogP contribution is -2.42. The van der Waals surface area contributed by atoms with Crippen LogP contribution in [0.3, 0.4) is 0 Å². The van der Waals surface area contributed by atoms with Gasteiger partial charge in [0, 0.05) is 10.9 Å². The molecule has 0 spiro atoms. The average Bonchev–Trinajstić information content (AvgIpc) is 3.28. The van der Waals surface area contributed by atoms with Crippen molar-refractivity contribution in [3.05, 3.63) is 24.3 Å². The van der Waals surface area contributed by atoms with Crippen molar-refractivity contribution in [1.82, 2.24) is 5.32 Å². The molecule has 0 bridgehead atoms. The van der Waals surface area contributed by atoms with Crippen LogP contribution in [0.2, 0.25) is 0 Å². The van der Waals surface area contributed by atoms with Crippen LogP contribution in [0.25, 0.3) is 0 Å². The molecular weight excluding hydrogens is 268 g/mol. The second kappa shape index (κ2) is 7.01. The number of rotatable bonds is 8. The third kappa shape index (κ3) is 4.43. The van der Waals surface area contributed by atoms with E-state index in [9.17, 15) is 5.26 Å². The number of thioether (sulfide) groups is 1. The quantitative estimate of drug-likeness (QED) is 0.587. The summed E-state index contributed by atoms with van der Waals surface area (Å²) in [6.07, 6.45) is 4.34. The second-order valence-electron chi connectivity index (χ2n) is 5.47. The van der Waals surface area contributed by atoms with Gasteiger partial charge in [-0.25, -0.2) is 0 Å². The lowest BCUT2D eigenvalue weighted by Gasteiger charge is -2.23. The molecule has 1 aliphatic carbocycles. The van der Waals surface area contributed by atoms with E-state index in [0.717, 1.165) is 24.3 Å². The lowest BCUT2D eigenvalue weighted by molar-refractivity contribution is 0.404. The molecule has 0 aromatic heterocycles. The van der Waals surface area contributed by atoms with Crippen molar-refractivity contribution < 1.29 is 4.74 Å². The molecule has 4 heteroatoms. The minimum absolute atomic E-state index is 0.373. The minimum atomic E-state index is -0.373. The fourth-order valence-electron chi connectivity index (χ4n) is 2.18. The van der Waals surface area contributed by atoms with E-state index in [-0.39, 0.29) is 5.54 Å². The molecule has 1 atom stereocenters. The Kier molecular flexibility index (Phi) is 5.33. The largest absolute Gasteiger partial charge is 0.496 e. The Bertz CT molecular complexity index is 482. The van der Waals surface area contributed by atoms with Crippen molar-refractivity contribution >= 4 is 11.8 Å². The molecule has 1 saturated carbocycles. The van der Waals surface area contributed by atoms with Gasteiger partial charge in [-0.15, -0.1) is 11.8 Å². The third-order valence-electron chi connectivity index (χ3n) is 3.49. The highest BCUT2D eigenvalue weighted by molar-refractivity contribution is 7.99. The van der Waals surface area contributed by atoms with E-state index in [1.807, 2.05) is 25.1 Å². The predicted molar refractivity (Wildman–Crippen MR) is 83.1 cm³/mol. The molecule has 3 nitrogen and oxygen atoms in total. The van der Waals surface area contributed by atoms with E-state index in [4.69, 9.17) is 4.74 Å². The summed E-state index contributed by atoms with van der Waals surface area (Å²) in [5.41, 5.74) is -0.373. The number of methoxy groups -OCH3 is 1. The second-order valence-corrected chi connectivity index (χ2v) is 6.60. The molecule has 1 aromatic carbocycles. The molecule has 0 aliphatic heterocycles. The first-order chi connectivity index (χ1) is 9.67. The van der Waals surface area contributed by atoms with Crippen LogP contribution in [0, 0.1) is 11.3 Å². The molecular formula is C16H22N2OS. The van der Waals surface area contributed by atoms with Gasteiger partial charge in [-0.05, 0) is 50.5 Å². The molecule has 0 saturated heterocycles. The predicted octanol–water partition coefficient (Wildman–Crippen LogP) is 3.60. The molecule has 2 rings (SSSR count). The Morgan fingerprint density at radius 1 is 1.45 bits per heavy atom. The van der Waals surface area contributed by atoms with E-state index in [1.165, 1.54) is 17.7 Å². The van der Waals surface area contributed by atoms with E-state index in [0.29, 0.717) is 6.04 Å². The van der Waals surface area contributed by atoms with Crippen molar-refractivity contribution in [1.29, 1.82) is 5.26 Å². The van der Waals surface area contributed by atoms with Crippen molar-refractivity contribution in [3.63, 3.8) is 0 Å². The van der Waals surface area contributed by atoms with Gasteiger partial charge in [-0.1, -0.05) is 12.1 Å². The SMILES string of the molecule is COc1ccccc1SCCCC(C)(C#N)NC1CC1. The summed E-state index contributed by atoms with van der Waals surface area (Å²) in [7, 11) is 1.70. The monoisotopic (exact) mass is 290 g/mol. The Morgan fingerprint density at radius 3 is 2.85 bits per heavy atom. The summed E-state index contributed by atoms with van der Waals surface area (Å²) >= 11 is 1.80. The first kappa shape index (κ1) is 15.2. The highest BCUT2D eigenvalue weighted by atomic mass is 32.2. The van der Waals surface area contributed by atoms with E-state index in [2.05, 4.69) is 17.5 Å². The van der Waals surface area contributed by atoms with Crippen LogP contribution in [-0.2, 0) is 0 Å². The first-order valence-corrected chi connectivity index (χ1v) is 8.10. The number of hydrogen-bond acceptors (Lipinski definition) is 4. The number of nitrogens with one attached hydrogen (secondary N) is 1. The van der Waals surface area contributed by atoms with Crippen molar-refractivity contribution in [3.8, 4) is 11.8 Å². The summed E-state index contributed by atoms with van der Waals surface area (Å²) < 4.78 is 5.34. The number of nitrogens with zero attached hydrogens (tertiary/aromatic N) is 1. The van der Waals surface area contributed by atoms with Gasteiger partial charge in [0.1, 0.15) is 11.3 Å². The van der Waals surface area contributed by atoms with Gasteiger partial charge in [0.2, 0.25) is 0 Å². The molecule has 0 heterocycles. The number of ether oxygens (including phenoxy) is 1. The van der Waals surface area contributed by atoms with Gasteiger partial charge in [-0.3, -0.25) is 5.32 Å². The molecule has 20 heavy (non-hydrogen) atoms. The maximum absolute atomic E-state index is 9.32. The lowest BCUT2D eigenvalue weighted by atomic mass is 9.98. The molecule has 1 unspecified atom stereocenters. The highest BCUT2D eigenvalue weighted by Crippen LogP contribution is 2.30. The summed E-state index contributed by atoms with van der Waals surface area (Å²) in [5.74, 6) is 1.93. The Balaban J connectivity index is 1.76. The van der Waals surface area contributed by atoms with Crippen LogP contribution < -0.4 is 10.1 Å². The summed E-state index contributed by atoms with van der Waals surface area (Å²) in [6.45, 7) is 2.01. The molecule has 1 aliphatic rings. The van der Waals surface area contributed by atoms with Crippen molar-refractivity contribution in [2.24, 2.45) is 0 Å². The summed E-state index contributed by atoms with van der Waals surface area (Å²) in [4.78, 5) is 1.17. The zero-order valence-corrected chi connectivity index (χ0v) is 13.0. The highest BCUT2D eigenvalue weighted by Gasteiger charge is 2.31. The van der Waals surface area contributed by atoms with E-state index in [1.54, 1.807) is 18.9 Å². The zero-order chi connectivity index (χ0) is 14.4. The smallest absolute Gasteiger partial charge is 0.132 e. The van der Waals surface area contributed by atoms with Gasteiger partial charge in [0.15, 0.2) is 0 Å². The molecule has 108 valence electrons. The van der Waals surface area contributed by atoms with Gasteiger partial charge >= 0.3 is 0 Å². The third-order valence-corrected chi connectivity index (χ3v) is 4.64. The Labute approximate surface area is 125 Å². The number of hydrogen-bond donors (Lipinski definition) is 1. The minimum Gasteiger partial charge on any atom is -0.496 e. The topological polar surface area (TPSA) is 45.0 Å². The van der Waals surface area contributed by atoms with Crippen LogP contribution in [0.1, 0.15) is 32.6 Å². The van der Waals surface area contributed by atoms with Gasteiger partial charge in [-0.2, -0.15) is 5.26 Å². The molecule has 1 aromatic rings. The molecule has 1 fully saturated rings. The molecule has 1 N–H and O–H groups in total. The van der Waals surface area contributed by atoms with Gasteiger partial charge < -0.3 is 4.74 Å². The zero-order valence-electron chi connectivity index (χ0n) is 12.2. The van der Waals surface area contributed by atoms with Gasteiger partial charge in [0.25, 0.3) is 0 Å². The van der Waals surface area contributed by atoms with Crippen LogP contribution in [-0.4, -0.2) is 24.4 Å². The van der Waals surface area contributed by atoms with Crippen molar-refractivity contribution in [2.75, 3.05) is 12.9 Å². The first-order valence-electron chi connectivity index (χ1n) is 7.11. The Hall–Kier alpha value is -1.18. The normalized spacial score (nSPS) is 17.2. The maximum atomic E-state index is 9.32. The summed E-state index contributed by atoms with van der Waals surface area (Å²) in [5, 5.41) is 12.8. The molecule has 0 radical (unpaired) electrons. The Morgan fingerprint density at radius 2 is 2.20 bits per heavy atom.